The first-order valence-electron chi connectivity index (χ1n) is 8.01. The summed E-state index contributed by atoms with van der Waals surface area (Å²) in [6.07, 6.45) is 0.182. The van der Waals surface area contributed by atoms with Crippen LogP contribution < -0.4 is 10.6 Å². The lowest BCUT2D eigenvalue weighted by molar-refractivity contribution is -0.121. The molecular weight excluding hydrogens is 332 g/mol. The maximum absolute atomic E-state index is 12.9. The minimum Gasteiger partial charge on any atom is -0.398 e. The highest BCUT2D eigenvalue weighted by Crippen LogP contribution is 2.38. The lowest BCUT2D eigenvalue weighted by Gasteiger charge is -2.17. The molecule has 124 valence electrons. The number of hydrogen-bond donors (Lipinski definition) is 1. The number of para-hydroxylation sites is 1. The first kappa shape index (κ1) is 15.7. The van der Waals surface area contributed by atoms with Gasteiger partial charge in [-0.25, -0.2) is 4.90 Å². The minimum atomic E-state index is -0.448. The van der Waals surface area contributed by atoms with Crippen molar-refractivity contribution in [1.82, 2.24) is 0 Å². The summed E-state index contributed by atoms with van der Waals surface area (Å²) in [7, 11) is 0. The van der Waals surface area contributed by atoms with E-state index in [0.717, 1.165) is 15.7 Å². The molecule has 1 saturated heterocycles. The van der Waals surface area contributed by atoms with Gasteiger partial charge in [0.25, 0.3) is 0 Å². The molecule has 3 aromatic rings. The van der Waals surface area contributed by atoms with Crippen molar-refractivity contribution < 1.29 is 9.59 Å². The molecule has 1 aliphatic rings. The highest BCUT2D eigenvalue weighted by molar-refractivity contribution is 8.00. The lowest BCUT2D eigenvalue weighted by atomic mass is 10.1. The number of thioether (sulfide) groups is 1. The standard InChI is InChI=1S/C20H16N2O2S/c21-15-9-3-4-11-17(15)25-18-12-19(23)22(20(18)24)16-10-5-7-13-6-1-2-8-14(13)16/h1-11,18H,12,21H2. The Labute approximate surface area is 149 Å². The van der Waals surface area contributed by atoms with Gasteiger partial charge in [-0.1, -0.05) is 48.5 Å². The Bertz CT molecular complexity index is 981. The van der Waals surface area contributed by atoms with Crippen molar-refractivity contribution >= 4 is 45.7 Å². The number of carbonyl (C=O) groups is 2. The molecule has 3 aromatic carbocycles. The summed E-state index contributed by atoms with van der Waals surface area (Å²) in [4.78, 5) is 27.6. The van der Waals surface area contributed by atoms with Crippen LogP contribution in [0.5, 0.6) is 0 Å². The van der Waals surface area contributed by atoms with Crippen LogP contribution in [-0.2, 0) is 9.59 Å². The molecule has 0 aliphatic carbocycles. The fourth-order valence-electron chi connectivity index (χ4n) is 3.09. The monoisotopic (exact) mass is 348 g/mol. The fraction of sp³-hybridized carbons (Fsp3) is 0.100. The molecule has 1 heterocycles. The van der Waals surface area contributed by atoms with E-state index in [9.17, 15) is 9.59 Å². The topological polar surface area (TPSA) is 63.4 Å². The number of nitrogens with zero attached hydrogens (tertiary/aromatic N) is 1. The van der Waals surface area contributed by atoms with E-state index >= 15 is 0 Å². The molecule has 5 heteroatoms. The van der Waals surface area contributed by atoms with Gasteiger partial charge in [0.05, 0.1) is 10.9 Å². The second kappa shape index (κ2) is 6.26. The highest BCUT2D eigenvalue weighted by Gasteiger charge is 2.40. The van der Waals surface area contributed by atoms with Crippen molar-refractivity contribution in [2.75, 3.05) is 10.6 Å². The van der Waals surface area contributed by atoms with E-state index in [1.807, 2.05) is 60.7 Å². The number of nitrogens with two attached hydrogens (primary N) is 1. The molecule has 0 bridgehead atoms. The van der Waals surface area contributed by atoms with Crippen molar-refractivity contribution in [2.24, 2.45) is 0 Å². The third kappa shape index (κ3) is 2.76. The van der Waals surface area contributed by atoms with E-state index in [-0.39, 0.29) is 18.2 Å². The van der Waals surface area contributed by atoms with Crippen LogP contribution in [0.2, 0.25) is 0 Å². The van der Waals surface area contributed by atoms with Gasteiger partial charge in [0.1, 0.15) is 0 Å². The maximum atomic E-state index is 12.9. The Kier molecular flexibility index (Phi) is 3.93. The summed E-state index contributed by atoms with van der Waals surface area (Å²) >= 11 is 1.36. The third-order valence-corrected chi connectivity index (χ3v) is 5.58. The van der Waals surface area contributed by atoms with E-state index in [0.29, 0.717) is 11.4 Å². The summed E-state index contributed by atoms with van der Waals surface area (Å²) < 4.78 is 0. The minimum absolute atomic E-state index is 0.173. The van der Waals surface area contributed by atoms with E-state index in [1.165, 1.54) is 16.7 Å². The molecule has 2 N–H and O–H groups in total. The van der Waals surface area contributed by atoms with E-state index in [2.05, 4.69) is 0 Å². The largest absolute Gasteiger partial charge is 0.398 e. The molecule has 1 aliphatic heterocycles. The number of rotatable bonds is 3. The third-order valence-electron chi connectivity index (χ3n) is 4.30. The number of anilines is 2. The van der Waals surface area contributed by atoms with Crippen molar-refractivity contribution in [3.8, 4) is 0 Å². The van der Waals surface area contributed by atoms with Gasteiger partial charge in [-0.05, 0) is 23.6 Å². The van der Waals surface area contributed by atoms with Gasteiger partial charge in [0, 0.05) is 22.4 Å². The van der Waals surface area contributed by atoms with E-state index in [1.54, 1.807) is 6.07 Å². The Hall–Kier alpha value is -2.79. The Morgan fingerprint density at radius 3 is 2.48 bits per heavy atom. The summed E-state index contributed by atoms with van der Waals surface area (Å²) in [6.45, 7) is 0. The number of fused-ring (bicyclic) bond motifs is 1. The highest BCUT2D eigenvalue weighted by atomic mass is 32.2. The first-order chi connectivity index (χ1) is 12.1. The number of nitrogen functional groups attached to an aromatic ring is 1. The van der Waals surface area contributed by atoms with Gasteiger partial charge in [-0.2, -0.15) is 0 Å². The Morgan fingerprint density at radius 2 is 1.64 bits per heavy atom. The van der Waals surface area contributed by atoms with Crippen LogP contribution in [0.15, 0.2) is 71.6 Å². The van der Waals surface area contributed by atoms with Gasteiger partial charge in [0.2, 0.25) is 11.8 Å². The summed E-state index contributed by atoms with van der Waals surface area (Å²) in [5.41, 5.74) is 7.24. The molecule has 4 nitrogen and oxygen atoms in total. The van der Waals surface area contributed by atoms with Crippen LogP contribution in [0.25, 0.3) is 10.8 Å². The smallest absolute Gasteiger partial charge is 0.247 e. The molecule has 0 aromatic heterocycles. The number of imide groups is 1. The number of carbonyl (C=O) groups excluding carboxylic acids is 2. The first-order valence-corrected chi connectivity index (χ1v) is 8.89. The molecule has 25 heavy (non-hydrogen) atoms. The normalized spacial score (nSPS) is 17.4. The van der Waals surface area contributed by atoms with Gasteiger partial charge < -0.3 is 5.73 Å². The van der Waals surface area contributed by atoms with Crippen molar-refractivity contribution in [3.05, 3.63) is 66.7 Å². The zero-order valence-electron chi connectivity index (χ0n) is 13.4. The molecule has 0 spiro atoms. The average Bonchev–Trinajstić information content (AvgIpc) is 2.90. The predicted molar refractivity (Wildman–Crippen MR) is 102 cm³/mol. The molecule has 4 rings (SSSR count). The fourth-order valence-corrected chi connectivity index (χ4v) is 4.19. The van der Waals surface area contributed by atoms with E-state index < -0.39 is 5.25 Å². The van der Waals surface area contributed by atoms with Crippen LogP contribution in [0.4, 0.5) is 11.4 Å². The zero-order chi connectivity index (χ0) is 17.4. The number of benzene rings is 3. The number of hydrogen-bond acceptors (Lipinski definition) is 4. The van der Waals surface area contributed by atoms with Gasteiger partial charge in [0.15, 0.2) is 0 Å². The van der Waals surface area contributed by atoms with E-state index in [4.69, 9.17) is 5.73 Å². The predicted octanol–water partition coefficient (Wildman–Crippen LogP) is 3.85. The Balaban J connectivity index is 1.69. The van der Waals surface area contributed by atoms with Gasteiger partial charge in [-0.3, -0.25) is 9.59 Å². The molecule has 1 fully saturated rings. The molecular formula is C20H16N2O2S. The second-order valence-corrected chi connectivity index (χ2v) is 7.16. The lowest BCUT2D eigenvalue weighted by Crippen LogP contribution is -2.31. The van der Waals surface area contributed by atoms with Crippen LogP contribution in [0.3, 0.4) is 0 Å². The van der Waals surface area contributed by atoms with Crippen LogP contribution in [-0.4, -0.2) is 17.1 Å². The molecule has 1 unspecified atom stereocenters. The van der Waals surface area contributed by atoms with Crippen LogP contribution in [0.1, 0.15) is 6.42 Å². The van der Waals surface area contributed by atoms with Gasteiger partial charge in [-0.15, -0.1) is 11.8 Å². The number of amides is 2. The zero-order valence-corrected chi connectivity index (χ0v) is 14.2. The Morgan fingerprint density at radius 1 is 0.920 bits per heavy atom. The SMILES string of the molecule is Nc1ccccc1SC1CC(=O)N(c2cccc3ccccc23)C1=O. The average molecular weight is 348 g/mol. The molecule has 1 atom stereocenters. The molecule has 2 amide bonds. The molecule has 0 saturated carbocycles. The van der Waals surface area contributed by atoms with Crippen molar-refractivity contribution in [1.29, 1.82) is 0 Å². The second-order valence-electron chi connectivity index (χ2n) is 5.91. The molecule has 0 radical (unpaired) electrons. The summed E-state index contributed by atoms with van der Waals surface area (Å²) in [6, 6.07) is 20.8. The van der Waals surface area contributed by atoms with Crippen molar-refractivity contribution in [2.45, 2.75) is 16.6 Å². The van der Waals surface area contributed by atoms with Crippen LogP contribution in [0, 0.1) is 0 Å². The van der Waals surface area contributed by atoms with Gasteiger partial charge >= 0.3 is 0 Å². The maximum Gasteiger partial charge on any atom is 0.247 e. The summed E-state index contributed by atoms with van der Waals surface area (Å²) in [5, 5.41) is 1.46. The van der Waals surface area contributed by atoms with Crippen LogP contribution >= 0.6 is 11.8 Å². The quantitative estimate of drug-likeness (QED) is 0.577. The van der Waals surface area contributed by atoms with Crippen molar-refractivity contribution in [3.63, 3.8) is 0 Å². The summed E-state index contributed by atoms with van der Waals surface area (Å²) in [5.74, 6) is -0.358.